The number of hydrogen-bond donors (Lipinski definition) is 1. The van der Waals surface area contributed by atoms with E-state index in [1.54, 1.807) is 0 Å². The maximum atomic E-state index is 11.2. The minimum atomic E-state index is -3.23. The second kappa shape index (κ2) is 4.42. The normalized spacial score (nSPS) is 26.6. The molecule has 0 amide bonds. The highest BCUT2D eigenvalue weighted by atomic mass is 32.2. The van der Waals surface area contributed by atoms with Crippen molar-refractivity contribution in [3.63, 3.8) is 0 Å². The molecule has 2 rings (SSSR count). The molecule has 1 aliphatic heterocycles. The Kier molecular flexibility index (Phi) is 3.12. The summed E-state index contributed by atoms with van der Waals surface area (Å²) in [5.41, 5.74) is 0.261. The van der Waals surface area contributed by atoms with Crippen LogP contribution in [0, 0.1) is 0 Å². The molecule has 1 aromatic heterocycles. The molecule has 2 heterocycles. The predicted molar refractivity (Wildman–Crippen MR) is 58.7 cm³/mol. The van der Waals surface area contributed by atoms with Crippen LogP contribution in [0.1, 0.15) is 10.5 Å². The van der Waals surface area contributed by atoms with E-state index in [0.29, 0.717) is 12.0 Å². The van der Waals surface area contributed by atoms with Crippen LogP contribution < -0.4 is 4.74 Å². The van der Waals surface area contributed by atoms with Gasteiger partial charge in [-0.2, -0.15) is 0 Å². The number of aromatic nitrogens is 1. The number of carbonyl (C=O) groups excluding carboxylic acids is 1. The molecule has 0 aromatic carbocycles. The molecule has 1 aliphatic rings. The maximum absolute atomic E-state index is 11.2. The fourth-order valence-electron chi connectivity index (χ4n) is 1.62. The number of pyridine rings is 1. The van der Waals surface area contributed by atoms with Crippen molar-refractivity contribution in [2.24, 2.45) is 0 Å². The van der Waals surface area contributed by atoms with Gasteiger partial charge in [-0.15, -0.1) is 0 Å². The minimum absolute atomic E-state index is 0.205. The molecule has 2 unspecified atom stereocenters. The van der Waals surface area contributed by atoms with Gasteiger partial charge in [0.15, 0.2) is 16.1 Å². The number of sulfone groups is 1. The molecule has 17 heavy (non-hydrogen) atoms. The van der Waals surface area contributed by atoms with Gasteiger partial charge in [0.25, 0.3) is 0 Å². The summed E-state index contributed by atoms with van der Waals surface area (Å²) < 4.78 is 27.8. The van der Waals surface area contributed by atoms with Gasteiger partial charge in [0, 0.05) is 0 Å². The van der Waals surface area contributed by atoms with Crippen molar-refractivity contribution in [3.05, 3.63) is 24.0 Å². The molecule has 1 N–H and O–H groups in total. The Morgan fingerprint density at radius 3 is 2.65 bits per heavy atom. The Bertz CT molecular complexity index is 510. The number of aliphatic hydroxyl groups is 1. The van der Waals surface area contributed by atoms with E-state index in [0.717, 1.165) is 0 Å². The number of ether oxygens (including phenoxy) is 1. The van der Waals surface area contributed by atoms with Gasteiger partial charge in [0.1, 0.15) is 23.7 Å². The Morgan fingerprint density at radius 2 is 2.18 bits per heavy atom. The zero-order valence-electron chi connectivity index (χ0n) is 8.81. The molecule has 92 valence electrons. The monoisotopic (exact) mass is 257 g/mol. The van der Waals surface area contributed by atoms with Crippen molar-refractivity contribution < 1.29 is 23.1 Å². The van der Waals surface area contributed by atoms with E-state index in [-0.39, 0.29) is 17.2 Å². The average Bonchev–Trinajstić information content (AvgIpc) is 2.53. The fourth-order valence-corrected chi connectivity index (χ4v) is 3.28. The summed E-state index contributed by atoms with van der Waals surface area (Å²) in [6, 6.07) is 2.96. The summed E-state index contributed by atoms with van der Waals surface area (Å²) in [6.07, 6.45) is 0.120. The summed E-state index contributed by atoms with van der Waals surface area (Å²) in [7, 11) is -3.23. The first kappa shape index (κ1) is 12.0. The van der Waals surface area contributed by atoms with Crippen LogP contribution in [0.5, 0.6) is 5.75 Å². The van der Waals surface area contributed by atoms with E-state index in [4.69, 9.17) is 4.74 Å². The van der Waals surface area contributed by atoms with Crippen molar-refractivity contribution in [1.82, 2.24) is 4.98 Å². The van der Waals surface area contributed by atoms with Crippen LogP contribution in [-0.4, -0.2) is 48.5 Å². The van der Waals surface area contributed by atoms with Gasteiger partial charge in [-0.25, -0.2) is 13.4 Å². The van der Waals surface area contributed by atoms with Crippen molar-refractivity contribution >= 4 is 16.1 Å². The highest BCUT2D eigenvalue weighted by Gasteiger charge is 2.38. The second-order valence-electron chi connectivity index (χ2n) is 3.84. The van der Waals surface area contributed by atoms with Crippen molar-refractivity contribution in [3.8, 4) is 5.75 Å². The number of aliphatic hydroxyl groups excluding tert-OH is 1. The third kappa shape index (κ3) is 2.80. The van der Waals surface area contributed by atoms with E-state index in [1.807, 2.05) is 0 Å². The minimum Gasteiger partial charge on any atom is -0.485 e. The summed E-state index contributed by atoms with van der Waals surface area (Å²) in [6.45, 7) is 0. The quantitative estimate of drug-likeness (QED) is 0.729. The Labute approximate surface area is 98.2 Å². The van der Waals surface area contributed by atoms with Gasteiger partial charge < -0.3 is 9.84 Å². The lowest BCUT2D eigenvalue weighted by molar-refractivity contribution is 0.0735. The second-order valence-corrected chi connectivity index (χ2v) is 5.99. The third-order valence-electron chi connectivity index (χ3n) is 2.44. The zero-order chi connectivity index (χ0) is 12.5. The Hall–Kier alpha value is -1.47. The van der Waals surface area contributed by atoms with Gasteiger partial charge in [0.2, 0.25) is 0 Å². The van der Waals surface area contributed by atoms with Crippen LogP contribution >= 0.6 is 0 Å². The van der Waals surface area contributed by atoms with Crippen LogP contribution in [0.2, 0.25) is 0 Å². The summed E-state index contributed by atoms with van der Waals surface area (Å²) in [4.78, 5) is 14.2. The first-order chi connectivity index (χ1) is 8.00. The van der Waals surface area contributed by atoms with Gasteiger partial charge in [-0.3, -0.25) is 4.79 Å². The van der Waals surface area contributed by atoms with Crippen LogP contribution in [0.25, 0.3) is 0 Å². The summed E-state index contributed by atoms with van der Waals surface area (Å²) >= 11 is 0. The van der Waals surface area contributed by atoms with Crippen LogP contribution in [0.4, 0.5) is 0 Å². The van der Waals surface area contributed by atoms with E-state index in [1.165, 1.54) is 18.3 Å². The zero-order valence-corrected chi connectivity index (χ0v) is 9.63. The molecule has 1 saturated heterocycles. The van der Waals surface area contributed by atoms with Crippen LogP contribution in [-0.2, 0) is 9.84 Å². The topological polar surface area (TPSA) is 93.6 Å². The van der Waals surface area contributed by atoms with Crippen LogP contribution in [0.3, 0.4) is 0 Å². The molecule has 2 atom stereocenters. The van der Waals surface area contributed by atoms with Crippen molar-refractivity contribution in [2.75, 3.05) is 11.5 Å². The molecule has 0 bridgehead atoms. The smallest absolute Gasteiger partial charge is 0.168 e. The lowest BCUT2D eigenvalue weighted by atomic mass is 10.2. The molecule has 0 spiro atoms. The van der Waals surface area contributed by atoms with E-state index >= 15 is 0 Å². The van der Waals surface area contributed by atoms with Gasteiger partial charge in [-0.1, -0.05) is 0 Å². The first-order valence-electron chi connectivity index (χ1n) is 4.96. The molecule has 6 nitrogen and oxygen atoms in total. The Morgan fingerprint density at radius 1 is 1.41 bits per heavy atom. The highest BCUT2D eigenvalue weighted by molar-refractivity contribution is 7.91. The lowest BCUT2D eigenvalue weighted by Gasteiger charge is -2.15. The highest BCUT2D eigenvalue weighted by Crippen LogP contribution is 2.19. The standard InChI is InChI=1S/C10H11NO5S/c12-4-7-1-2-8(3-11-7)16-10-6-17(14,15)5-9(10)13/h1-4,9-10,13H,5-6H2. The number of carbonyl (C=O) groups is 1. The summed E-state index contributed by atoms with van der Waals surface area (Å²) in [5.74, 6) is -0.155. The molecule has 7 heteroatoms. The molecular weight excluding hydrogens is 246 g/mol. The molecule has 1 fully saturated rings. The van der Waals surface area contributed by atoms with Gasteiger partial charge in [-0.05, 0) is 12.1 Å². The van der Waals surface area contributed by atoms with Gasteiger partial charge in [0.05, 0.1) is 17.7 Å². The van der Waals surface area contributed by atoms with Crippen molar-refractivity contribution in [1.29, 1.82) is 0 Å². The first-order valence-corrected chi connectivity index (χ1v) is 6.79. The lowest BCUT2D eigenvalue weighted by Crippen LogP contribution is -2.29. The van der Waals surface area contributed by atoms with E-state index in [9.17, 15) is 18.3 Å². The number of rotatable bonds is 3. The van der Waals surface area contributed by atoms with Crippen molar-refractivity contribution in [2.45, 2.75) is 12.2 Å². The predicted octanol–water partition coefficient (Wildman–Crippen LogP) is -0.569. The number of nitrogens with zero attached hydrogens (tertiary/aromatic N) is 1. The molecule has 1 aromatic rings. The molecule has 0 aliphatic carbocycles. The number of hydrogen-bond acceptors (Lipinski definition) is 6. The van der Waals surface area contributed by atoms with Gasteiger partial charge >= 0.3 is 0 Å². The molecule has 0 saturated carbocycles. The largest absolute Gasteiger partial charge is 0.485 e. The maximum Gasteiger partial charge on any atom is 0.168 e. The Balaban J connectivity index is 2.08. The van der Waals surface area contributed by atoms with E-state index in [2.05, 4.69) is 4.98 Å². The van der Waals surface area contributed by atoms with E-state index < -0.39 is 22.0 Å². The third-order valence-corrected chi connectivity index (χ3v) is 4.13. The summed E-state index contributed by atoms with van der Waals surface area (Å²) in [5, 5.41) is 9.51. The fraction of sp³-hybridized carbons (Fsp3) is 0.400. The average molecular weight is 257 g/mol. The van der Waals surface area contributed by atoms with Crippen LogP contribution in [0.15, 0.2) is 18.3 Å². The number of aldehydes is 1. The SMILES string of the molecule is O=Cc1ccc(OC2CS(=O)(=O)CC2O)cn1. The molecule has 0 radical (unpaired) electrons. The molecular formula is C10H11NO5S.